The van der Waals surface area contributed by atoms with Gasteiger partial charge in [-0.3, -0.25) is 19.4 Å². The topological polar surface area (TPSA) is 81.1 Å². The Labute approximate surface area is 93.4 Å². The number of nitrogens with zero attached hydrogens (tertiary/aromatic N) is 2. The average molecular weight is 228 g/mol. The summed E-state index contributed by atoms with van der Waals surface area (Å²) < 4.78 is 0. The fourth-order valence-electron chi connectivity index (χ4n) is 2.16. The zero-order valence-corrected chi connectivity index (χ0v) is 9.00. The van der Waals surface area contributed by atoms with Gasteiger partial charge in [-0.05, 0) is 6.42 Å². The van der Waals surface area contributed by atoms with Gasteiger partial charge in [-0.2, -0.15) is 0 Å². The maximum atomic E-state index is 11.7. The third kappa shape index (κ3) is 2.23. The third-order valence-electron chi connectivity index (χ3n) is 3.07. The summed E-state index contributed by atoms with van der Waals surface area (Å²) in [5.74, 6) is -0.353. The van der Waals surface area contributed by atoms with Gasteiger partial charge < -0.3 is 10.2 Å². The molecule has 2 fully saturated rings. The molecule has 0 radical (unpaired) electrons. The normalized spacial score (nSPS) is 31.4. The lowest BCUT2D eigenvalue weighted by Crippen LogP contribution is -2.40. The molecule has 2 atom stereocenters. The van der Waals surface area contributed by atoms with Crippen LogP contribution in [0.3, 0.4) is 0 Å². The van der Waals surface area contributed by atoms with Gasteiger partial charge in [0.15, 0.2) is 0 Å². The third-order valence-corrected chi connectivity index (χ3v) is 3.07. The second kappa shape index (κ2) is 4.48. The Morgan fingerprint density at radius 3 is 2.44 bits per heavy atom. The summed E-state index contributed by atoms with van der Waals surface area (Å²) in [7, 11) is 0. The predicted octanol–water partition coefficient (Wildman–Crippen LogP) is -1.83. The number of aliphatic hydroxyl groups is 2. The van der Waals surface area contributed by atoms with Crippen molar-refractivity contribution in [3.05, 3.63) is 0 Å². The lowest BCUT2D eigenvalue weighted by Gasteiger charge is -2.18. The van der Waals surface area contributed by atoms with E-state index in [2.05, 4.69) is 0 Å². The summed E-state index contributed by atoms with van der Waals surface area (Å²) in [5, 5.41) is 18.6. The molecular formula is C10H16N2O4. The molecule has 6 nitrogen and oxygen atoms in total. The van der Waals surface area contributed by atoms with Gasteiger partial charge in [0.05, 0.1) is 18.8 Å². The molecular weight excluding hydrogens is 212 g/mol. The van der Waals surface area contributed by atoms with Gasteiger partial charge in [-0.15, -0.1) is 0 Å². The fourth-order valence-corrected chi connectivity index (χ4v) is 2.16. The van der Waals surface area contributed by atoms with Crippen LogP contribution in [0.1, 0.15) is 12.8 Å². The number of carbonyl (C=O) groups is 2. The predicted molar refractivity (Wildman–Crippen MR) is 54.4 cm³/mol. The molecule has 2 N–H and O–H groups in total. The molecule has 90 valence electrons. The van der Waals surface area contributed by atoms with E-state index < -0.39 is 12.2 Å². The van der Waals surface area contributed by atoms with Crippen LogP contribution >= 0.6 is 0 Å². The maximum Gasteiger partial charge on any atom is 0.243 e. The van der Waals surface area contributed by atoms with Gasteiger partial charge in [0.2, 0.25) is 11.8 Å². The summed E-state index contributed by atoms with van der Waals surface area (Å²) in [5.41, 5.74) is 0. The maximum absolute atomic E-state index is 11.7. The van der Waals surface area contributed by atoms with E-state index in [1.165, 1.54) is 4.90 Å². The van der Waals surface area contributed by atoms with Crippen molar-refractivity contribution < 1.29 is 19.8 Å². The first-order valence-electron chi connectivity index (χ1n) is 5.49. The summed E-state index contributed by atoms with van der Waals surface area (Å²) in [6.45, 7) is 1.17. The molecule has 0 saturated carbocycles. The summed E-state index contributed by atoms with van der Waals surface area (Å²) >= 11 is 0. The summed E-state index contributed by atoms with van der Waals surface area (Å²) in [6, 6.07) is 0. The molecule has 16 heavy (non-hydrogen) atoms. The van der Waals surface area contributed by atoms with Gasteiger partial charge in [-0.1, -0.05) is 0 Å². The van der Waals surface area contributed by atoms with Gasteiger partial charge in [-0.25, -0.2) is 0 Å². The van der Waals surface area contributed by atoms with Crippen LogP contribution in [0, 0.1) is 0 Å². The van der Waals surface area contributed by atoms with Crippen molar-refractivity contribution in [1.29, 1.82) is 0 Å². The van der Waals surface area contributed by atoms with E-state index in [0.29, 0.717) is 13.0 Å². The van der Waals surface area contributed by atoms with Crippen molar-refractivity contribution in [2.24, 2.45) is 0 Å². The van der Waals surface area contributed by atoms with Gasteiger partial charge >= 0.3 is 0 Å². The highest BCUT2D eigenvalue weighted by Gasteiger charge is 2.33. The Bertz CT molecular complexity index is 297. The minimum Gasteiger partial charge on any atom is -0.389 e. The zero-order chi connectivity index (χ0) is 11.7. The first kappa shape index (κ1) is 11.5. The Morgan fingerprint density at radius 1 is 1.31 bits per heavy atom. The number of hydrogen-bond acceptors (Lipinski definition) is 5. The molecule has 2 aliphatic heterocycles. The van der Waals surface area contributed by atoms with E-state index >= 15 is 0 Å². The van der Waals surface area contributed by atoms with Crippen molar-refractivity contribution in [3.63, 3.8) is 0 Å². The Balaban J connectivity index is 1.86. The number of carbonyl (C=O) groups excluding carboxylic acids is 2. The van der Waals surface area contributed by atoms with E-state index in [1.807, 2.05) is 0 Å². The molecule has 2 rings (SSSR count). The zero-order valence-electron chi connectivity index (χ0n) is 9.00. The lowest BCUT2D eigenvalue weighted by atomic mass is 10.3. The molecule has 0 spiro atoms. The van der Waals surface area contributed by atoms with E-state index in [9.17, 15) is 19.8 Å². The van der Waals surface area contributed by atoms with E-state index in [0.717, 1.165) is 6.42 Å². The van der Waals surface area contributed by atoms with Crippen LogP contribution in [0.25, 0.3) is 0 Å². The van der Waals surface area contributed by atoms with Gasteiger partial charge in [0, 0.05) is 26.1 Å². The minimum atomic E-state index is -0.790. The van der Waals surface area contributed by atoms with Crippen LogP contribution in [0.15, 0.2) is 0 Å². The van der Waals surface area contributed by atoms with Crippen LogP contribution in [-0.2, 0) is 9.59 Å². The summed E-state index contributed by atoms with van der Waals surface area (Å²) in [6.07, 6.45) is -0.406. The largest absolute Gasteiger partial charge is 0.389 e. The smallest absolute Gasteiger partial charge is 0.243 e. The first-order chi connectivity index (χ1) is 7.58. The van der Waals surface area contributed by atoms with E-state index in [-0.39, 0.29) is 31.4 Å². The Hall–Kier alpha value is -0.980. The molecule has 0 unspecified atom stereocenters. The molecule has 0 aliphatic carbocycles. The van der Waals surface area contributed by atoms with Crippen molar-refractivity contribution in [1.82, 2.24) is 9.80 Å². The van der Waals surface area contributed by atoms with Crippen LogP contribution in [0.5, 0.6) is 0 Å². The summed E-state index contributed by atoms with van der Waals surface area (Å²) in [4.78, 5) is 26.0. The van der Waals surface area contributed by atoms with Crippen LogP contribution in [0.2, 0.25) is 0 Å². The standard InChI is InChI=1S/C10H16N2O4/c13-7-4-11(5-8(7)14)6-10(16)12-3-1-2-9(12)15/h7-8,13-14H,1-6H2/t7-,8+. The minimum absolute atomic E-state index is 0.0971. The molecule has 2 saturated heterocycles. The number of rotatable bonds is 2. The number of β-amino-alcohol motifs (C(OH)–C–C–N with tert-alkyl or cyclic N) is 2. The quantitative estimate of drug-likeness (QED) is 0.581. The molecule has 2 aliphatic rings. The molecule has 0 aromatic carbocycles. The Kier molecular flexibility index (Phi) is 3.22. The van der Waals surface area contributed by atoms with Crippen LogP contribution < -0.4 is 0 Å². The molecule has 0 aromatic rings. The highest BCUT2D eigenvalue weighted by molar-refractivity contribution is 5.97. The number of amides is 2. The van der Waals surface area contributed by atoms with Crippen LogP contribution in [-0.4, -0.2) is 70.2 Å². The molecule has 2 amide bonds. The molecule has 6 heteroatoms. The molecule has 2 heterocycles. The number of likely N-dealkylation sites (tertiary alicyclic amines) is 2. The second-order valence-corrected chi connectivity index (χ2v) is 4.37. The number of aliphatic hydroxyl groups excluding tert-OH is 2. The monoisotopic (exact) mass is 228 g/mol. The second-order valence-electron chi connectivity index (χ2n) is 4.37. The first-order valence-corrected chi connectivity index (χ1v) is 5.49. The highest BCUT2D eigenvalue weighted by Crippen LogP contribution is 2.13. The van der Waals surface area contributed by atoms with Gasteiger partial charge in [0.25, 0.3) is 0 Å². The Morgan fingerprint density at radius 2 is 1.94 bits per heavy atom. The number of imide groups is 1. The van der Waals surface area contributed by atoms with Crippen molar-refractivity contribution in [2.75, 3.05) is 26.2 Å². The number of hydrogen-bond donors (Lipinski definition) is 2. The fraction of sp³-hybridized carbons (Fsp3) is 0.800. The SMILES string of the molecule is O=C1CCCN1C(=O)CN1C[C@@H](O)[C@@H](O)C1. The van der Waals surface area contributed by atoms with Crippen LogP contribution in [0.4, 0.5) is 0 Å². The van der Waals surface area contributed by atoms with Crippen molar-refractivity contribution >= 4 is 11.8 Å². The molecule has 0 bridgehead atoms. The average Bonchev–Trinajstić information content (AvgIpc) is 2.74. The van der Waals surface area contributed by atoms with Crippen molar-refractivity contribution in [2.45, 2.75) is 25.0 Å². The van der Waals surface area contributed by atoms with E-state index in [1.54, 1.807) is 4.90 Å². The lowest BCUT2D eigenvalue weighted by molar-refractivity contribution is -0.142. The molecule has 0 aromatic heterocycles. The van der Waals surface area contributed by atoms with Gasteiger partial charge in [0.1, 0.15) is 0 Å². The van der Waals surface area contributed by atoms with Crippen molar-refractivity contribution in [3.8, 4) is 0 Å². The van der Waals surface area contributed by atoms with E-state index in [4.69, 9.17) is 0 Å². The highest BCUT2D eigenvalue weighted by atomic mass is 16.3.